The Hall–Kier alpha value is -2.70. The number of aryl methyl sites for hydroxylation is 1. The second kappa shape index (κ2) is 5.25. The van der Waals surface area contributed by atoms with Gasteiger partial charge in [-0.25, -0.2) is 14.9 Å². The Bertz CT molecular complexity index is 868. The fourth-order valence-corrected chi connectivity index (χ4v) is 2.88. The second-order valence-corrected chi connectivity index (χ2v) is 5.51. The van der Waals surface area contributed by atoms with Crippen LogP contribution < -0.4 is 11.0 Å². The lowest BCUT2D eigenvalue weighted by Gasteiger charge is -2.16. The minimum atomic E-state index is -0.124. The van der Waals surface area contributed by atoms with Gasteiger partial charge in [-0.2, -0.15) is 5.10 Å². The zero-order valence-electron chi connectivity index (χ0n) is 12.0. The van der Waals surface area contributed by atoms with E-state index < -0.39 is 0 Å². The third-order valence-electron chi connectivity index (χ3n) is 4.06. The van der Waals surface area contributed by atoms with Crippen LogP contribution in [0.3, 0.4) is 0 Å². The second-order valence-electron chi connectivity index (χ2n) is 5.51. The number of anilines is 1. The highest BCUT2D eigenvalue weighted by Gasteiger charge is 2.19. The number of rotatable bonds is 2. The number of fused-ring (bicyclic) bond motifs is 2. The molecule has 0 aliphatic carbocycles. The zero-order valence-corrected chi connectivity index (χ0v) is 12.0. The number of aromatic nitrogens is 5. The summed E-state index contributed by atoms with van der Waals surface area (Å²) in [5, 5.41) is 10.0. The van der Waals surface area contributed by atoms with Gasteiger partial charge in [0.15, 0.2) is 0 Å². The molecule has 3 heterocycles. The summed E-state index contributed by atoms with van der Waals surface area (Å²) < 4.78 is 1.72. The molecule has 0 fully saturated rings. The molecule has 0 bridgehead atoms. The van der Waals surface area contributed by atoms with E-state index in [0.29, 0.717) is 6.54 Å². The summed E-state index contributed by atoms with van der Waals surface area (Å²) in [5.74, 6) is 1.61. The summed E-state index contributed by atoms with van der Waals surface area (Å²) in [7, 11) is 0. The van der Waals surface area contributed by atoms with E-state index in [0.717, 1.165) is 41.9 Å². The summed E-state index contributed by atoms with van der Waals surface area (Å²) in [6.45, 7) is 0.670. The van der Waals surface area contributed by atoms with Crippen LogP contribution in [0.2, 0.25) is 0 Å². The number of aromatic amines is 1. The van der Waals surface area contributed by atoms with E-state index in [1.807, 2.05) is 24.3 Å². The van der Waals surface area contributed by atoms with Gasteiger partial charge >= 0.3 is 5.69 Å². The minimum absolute atomic E-state index is 0.124. The molecule has 4 rings (SSSR count). The molecule has 22 heavy (non-hydrogen) atoms. The predicted octanol–water partition coefficient (Wildman–Crippen LogP) is 1.33. The number of nitrogens with one attached hydrogen (secondary N) is 2. The molecule has 1 aliphatic heterocycles. The predicted molar refractivity (Wildman–Crippen MR) is 82.7 cm³/mol. The number of H-pyrrole nitrogens is 1. The number of benzene rings is 1. The van der Waals surface area contributed by atoms with Crippen LogP contribution in [0.15, 0.2) is 35.3 Å². The lowest BCUT2D eigenvalue weighted by molar-refractivity contribution is 0.571. The minimum Gasteiger partial charge on any atom is -0.366 e. The standard InChI is InChI=1S/C15H16N6O/c22-15-20-19-14-6-5-10(7-8-21(14)15)17-13-9-16-11-3-1-2-4-12(11)18-13/h1-4,9-10H,5-8H2,(H,17,18)(H,20,22). The van der Waals surface area contributed by atoms with Gasteiger partial charge in [-0.15, -0.1) is 0 Å². The monoisotopic (exact) mass is 296 g/mol. The van der Waals surface area contributed by atoms with Crippen molar-refractivity contribution in [3.05, 3.63) is 46.8 Å². The van der Waals surface area contributed by atoms with Crippen LogP contribution >= 0.6 is 0 Å². The lowest BCUT2D eigenvalue weighted by atomic mass is 10.1. The van der Waals surface area contributed by atoms with Crippen molar-refractivity contribution in [2.75, 3.05) is 5.32 Å². The Kier molecular flexibility index (Phi) is 3.10. The molecular weight excluding hydrogens is 280 g/mol. The van der Waals surface area contributed by atoms with E-state index in [4.69, 9.17) is 0 Å². The van der Waals surface area contributed by atoms with Crippen molar-refractivity contribution < 1.29 is 0 Å². The number of para-hydroxylation sites is 2. The maximum absolute atomic E-state index is 11.6. The number of hydrogen-bond acceptors (Lipinski definition) is 5. The first-order valence-corrected chi connectivity index (χ1v) is 7.42. The first-order chi connectivity index (χ1) is 10.8. The highest BCUT2D eigenvalue weighted by atomic mass is 16.1. The van der Waals surface area contributed by atoms with E-state index in [1.54, 1.807) is 10.8 Å². The molecule has 7 nitrogen and oxygen atoms in total. The Labute approximate surface area is 126 Å². The molecule has 1 atom stereocenters. The average molecular weight is 296 g/mol. The van der Waals surface area contributed by atoms with Crippen molar-refractivity contribution >= 4 is 16.9 Å². The molecule has 2 N–H and O–H groups in total. The van der Waals surface area contributed by atoms with E-state index >= 15 is 0 Å². The normalized spacial score (nSPS) is 17.9. The van der Waals surface area contributed by atoms with Gasteiger partial charge in [-0.3, -0.25) is 9.55 Å². The number of hydrogen-bond donors (Lipinski definition) is 2. The molecule has 1 aromatic carbocycles. The molecule has 0 saturated heterocycles. The van der Waals surface area contributed by atoms with Crippen LogP contribution in [0.4, 0.5) is 5.82 Å². The van der Waals surface area contributed by atoms with Gasteiger partial charge < -0.3 is 5.32 Å². The first-order valence-electron chi connectivity index (χ1n) is 7.42. The van der Waals surface area contributed by atoms with Gasteiger partial charge in [-0.05, 0) is 25.0 Å². The van der Waals surface area contributed by atoms with E-state index in [-0.39, 0.29) is 11.7 Å². The summed E-state index contributed by atoms with van der Waals surface area (Å²) in [4.78, 5) is 20.6. The lowest BCUT2D eigenvalue weighted by Crippen LogP contribution is -2.23. The van der Waals surface area contributed by atoms with Gasteiger partial charge in [0.25, 0.3) is 0 Å². The Morgan fingerprint density at radius 1 is 1.23 bits per heavy atom. The smallest absolute Gasteiger partial charge is 0.343 e. The molecular formula is C15H16N6O. The summed E-state index contributed by atoms with van der Waals surface area (Å²) >= 11 is 0. The van der Waals surface area contributed by atoms with Gasteiger partial charge in [0.2, 0.25) is 0 Å². The highest BCUT2D eigenvalue weighted by Crippen LogP contribution is 2.17. The largest absolute Gasteiger partial charge is 0.366 e. The van der Waals surface area contributed by atoms with E-state index in [1.165, 1.54) is 0 Å². The Morgan fingerprint density at radius 2 is 2.09 bits per heavy atom. The van der Waals surface area contributed by atoms with E-state index in [2.05, 4.69) is 25.5 Å². The van der Waals surface area contributed by atoms with Crippen molar-refractivity contribution in [1.82, 2.24) is 24.7 Å². The van der Waals surface area contributed by atoms with Crippen LogP contribution in [-0.4, -0.2) is 30.8 Å². The van der Waals surface area contributed by atoms with E-state index in [9.17, 15) is 4.79 Å². The number of nitrogens with zero attached hydrogens (tertiary/aromatic N) is 4. The van der Waals surface area contributed by atoms with Crippen LogP contribution in [0.5, 0.6) is 0 Å². The van der Waals surface area contributed by atoms with Crippen LogP contribution in [0.1, 0.15) is 18.7 Å². The Balaban J connectivity index is 1.52. The third-order valence-corrected chi connectivity index (χ3v) is 4.06. The van der Waals surface area contributed by atoms with Gasteiger partial charge in [-0.1, -0.05) is 12.1 Å². The molecule has 0 amide bonds. The summed E-state index contributed by atoms with van der Waals surface area (Å²) in [6, 6.07) is 8.07. The zero-order chi connectivity index (χ0) is 14.9. The van der Waals surface area contributed by atoms with Gasteiger partial charge in [0.1, 0.15) is 11.6 Å². The van der Waals surface area contributed by atoms with Crippen LogP contribution in [-0.2, 0) is 13.0 Å². The molecule has 2 aromatic heterocycles. The Morgan fingerprint density at radius 3 is 3.00 bits per heavy atom. The topological polar surface area (TPSA) is 88.5 Å². The average Bonchev–Trinajstić information content (AvgIpc) is 2.77. The molecule has 1 unspecified atom stereocenters. The SMILES string of the molecule is O=c1[nH]nc2n1CCC(Nc1cnc3ccccc3n1)CC2. The molecule has 0 radical (unpaired) electrons. The molecule has 0 saturated carbocycles. The molecule has 7 heteroatoms. The van der Waals surface area contributed by atoms with Gasteiger partial charge in [0.05, 0.1) is 17.2 Å². The molecule has 112 valence electrons. The summed E-state index contributed by atoms with van der Waals surface area (Å²) in [6.07, 6.45) is 4.32. The van der Waals surface area contributed by atoms with Crippen LogP contribution in [0.25, 0.3) is 11.0 Å². The highest BCUT2D eigenvalue weighted by molar-refractivity contribution is 5.75. The first kappa shape index (κ1) is 13.0. The van der Waals surface area contributed by atoms with Crippen molar-refractivity contribution in [2.45, 2.75) is 31.8 Å². The van der Waals surface area contributed by atoms with Crippen molar-refractivity contribution in [3.8, 4) is 0 Å². The quantitative estimate of drug-likeness (QED) is 0.745. The molecule has 0 spiro atoms. The van der Waals surface area contributed by atoms with Crippen molar-refractivity contribution in [2.24, 2.45) is 0 Å². The third kappa shape index (κ3) is 2.34. The van der Waals surface area contributed by atoms with Crippen LogP contribution in [0, 0.1) is 0 Å². The fraction of sp³-hybridized carbons (Fsp3) is 0.333. The summed E-state index contributed by atoms with van der Waals surface area (Å²) in [5.41, 5.74) is 1.65. The maximum atomic E-state index is 11.6. The van der Waals surface area contributed by atoms with Crippen molar-refractivity contribution in [1.29, 1.82) is 0 Å². The maximum Gasteiger partial charge on any atom is 0.343 e. The molecule has 3 aromatic rings. The molecule has 1 aliphatic rings. The van der Waals surface area contributed by atoms with Crippen molar-refractivity contribution in [3.63, 3.8) is 0 Å². The van der Waals surface area contributed by atoms with Gasteiger partial charge in [0, 0.05) is 19.0 Å². The fourth-order valence-electron chi connectivity index (χ4n) is 2.88.